The van der Waals surface area contributed by atoms with Crippen LogP contribution in [0.4, 0.5) is 4.39 Å². The molecule has 3 aromatic rings. The van der Waals surface area contributed by atoms with Crippen LogP contribution in [0.1, 0.15) is 26.3 Å². The number of carbonyl (C=O) groups excluding carboxylic acids is 3. The van der Waals surface area contributed by atoms with E-state index in [0.29, 0.717) is 16.9 Å². The lowest BCUT2D eigenvalue weighted by Crippen LogP contribution is -2.34. The van der Waals surface area contributed by atoms with Crippen LogP contribution in [0.15, 0.2) is 76.3 Å². The van der Waals surface area contributed by atoms with Gasteiger partial charge in [0.05, 0.1) is 25.4 Å². The van der Waals surface area contributed by atoms with Crippen LogP contribution in [0.3, 0.4) is 0 Å². The molecule has 0 bridgehead atoms. The van der Waals surface area contributed by atoms with Gasteiger partial charge in [0.1, 0.15) is 5.82 Å². The Bertz CT molecular complexity index is 1250. The number of ether oxygens (including phenoxy) is 2. The van der Waals surface area contributed by atoms with Gasteiger partial charge < -0.3 is 14.8 Å². The molecule has 0 saturated heterocycles. The van der Waals surface area contributed by atoms with E-state index in [0.717, 1.165) is 10.5 Å². The number of nitrogens with one attached hydrogen (secondary N) is 2. The quantitative estimate of drug-likeness (QED) is 0.201. The largest absolute Gasteiger partial charge is 0.493 e. The van der Waals surface area contributed by atoms with E-state index in [-0.39, 0.29) is 17.9 Å². The molecule has 0 unspecified atom stereocenters. The predicted octanol–water partition coefficient (Wildman–Crippen LogP) is 3.70. The second kappa shape index (κ2) is 11.7. The van der Waals surface area contributed by atoms with Crippen molar-refractivity contribution in [2.24, 2.45) is 5.10 Å². The molecule has 0 aromatic heterocycles. The number of hydrogen-bond donors (Lipinski definition) is 2. The topological polar surface area (TPSA) is 106 Å². The first-order chi connectivity index (χ1) is 16.4. The fraction of sp³-hybridized carbons (Fsp3) is 0.0833. The van der Waals surface area contributed by atoms with Gasteiger partial charge in [0, 0.05) is 10.0 Å². The molecule has 3 aromatic carbocycles. The number of methoxy groups -OCH3 is 1. The minimum Gasteiger partial charge on any atom is -0.493 e. The number of esters is 1. The highest BCUT2D eigenvalue weighted by Gasteiger charge is 2.13. The van der Waals surface area contributed by atoms with Crippen molar-refractivity contribution in [1.29, 1.82) is 0 Å². The molecule has 0 aliphatic heterocycles. The van der Waals surface area contributed by atoms with Crippen LogP contribution in [0.25, 0.3) is 0 Å². The van der Waals surface area contributed by atoms with Crippen molar-refractivity contribution in [1.82, 2.24) is 10.7 Å². The summed E-state index contributed by atoms with van der Waals surface area (Å²) in [5.41, 5.74) is 3.30. The number of amides is 2. The monoisotopic (exact) mass is 527 g/mol. The Labute approximate surface area is 202 Å². The molecule has 0 aliphatic rings. The standard InChI is InChI=1S/C24H19BrFN3O5/c1-33-21-10-15(8-9-20(21)34-24(32)17-5-2-6-18(25)11-17)13-28-29-22(30)14-27-23(31)16-4-3-7-19(26)12-16/h2-13H,14H2,1H3,(H,27,31)(H,29,30)/b28-13-. The summed E-state index contributed by atoms with van der Waals surface area (Å²) in [5.74, 6) is -1.75. The Hall–Kier alpha value is -4.05. The second-order valence-electron chi connectivity index (χ2n) is 6.80. The number of nitrogens with zero attached hydrogens (tertiary/aromatic N) is 1. The minimum atomic E-state index is -0.587. The van der Waals surface area contributed by atoms with Crippen molar-refractivity contribution < 1.29 is 28.2 Å². The molecule has 0 atom stereocenters. The number of rotatable bonds is 8. The highest BCUT2D eigenvalue weighted by molar-refractivity contribution is 9.10. The molecule has 0 heterocycles. The number of carbonyl (C=O) groups is 3. The molecule has 10 heteroatoms. The Balaban J connectivity index is 1.54. The lowest BCUT2D eigenvalue weighted by Gasteiger charge is -2.10. The summed E-state index contributed by atoms with van der Waals surface area (Å²) < 4.78 is 24.6. The van der Waals surface area contributed by atoms with Gasteiger partial charge in [-0.1, -0.05) is 28.1 Å². The highest BCUT2D eigenvalue weighted by Crippen LogP contribution is 2.28. The molecule has 0 spiro atoms. The third-order valence-corrected chi connectivity index (χ3v) is 4.84. The molecule has 174 valence electrons. The number of hydrazone groups is 1. The van der Waals surface area contributed by atoms with Gasteiger partial charge in [-0.15, -0.1) is 0 Å². The van der Waals surface area contributed by atoms with Crippen LogP contribution in [-0.4, -0.2) is 37.7 Å². The zero-order valence-corrected chi connectivity index (χ0v) is 19.5. The maximum Gasteiger partial charge on any atom is 0.343 e. The maximum atomic E-state index is 13.2. The van der Waals surface area contributed by atoms with E-state index in [1.54, 1.807) is 36.4 Å². The normalized spacial score (nSPS) is 10.6. The molecule has 2 N–H and O–H groups in total. The van der Waals surface area contributed by atoms with Crippen molar-refractivity contribution in [3.05, 3.63) is 93.7 Å². The van der Waals surface area contributed by atoms with Gasteiger partial charge in [0.15, 0.2) is 11.5 Å². The van der Waals surface area contributed by atoms with Crippen molar-refractivity contribution in [3.8, 4) is 11.5 Å². The van der Waals surface area contributed by atoms with E-state index < -0.39 is 23.6 Å². The van der Waals surface area contributed by atoms with Gasteiger partial charge in [-0.05, 0) is 60.2 Å². The molecule has 0 fully saturated rings. The summed E-state index contributed by atoms with van der Waals surface area (Å²) in [6.45, 7) is -0.347. The van der Waals surface area contributed by atoms with Crippen LogP contribution in [0, 0.1) is 5.82 Å². The average Bonchev–Trinajstić information content (AvgIpc) is 2.83. The first-order valence-corrected chi connectivity index (χ1v) is 10.7. The average molecular weight is 528 g/mol. The highest BCUT2D eigenvalue weighted by atomic mass is 79.9. The summed E-state index contributed by atoms with van der Waals surface area (Å²) in [5, 5.41) is 6.20. The lowest BCUT2D eigenvalue weighted by atomic mass is 10.2. The van der Waals surface area contributed by atoms with Crippen LogP contribution in [0.2, 0.25) is 0 Å². The van der Waals surface area contributed by atoms with Crippen LogP contribution >= 0.6 is 15.9 Å². The van der Waals surface area contributed by atoms with E-state index in [9.17, 15) is 18.8 Å². The maximum absolute atomic E-state index is 13.2. The minimum absolute atomic E-state index is 0.101. The third-order valence-electron chi connectivity index (χ3n) is 4.35. The molecule has 34 heavy (non-hydrogen) atoms. The van der Waals surface area contributed by atoms with Gasteiger partial charge in [-0.25, -0.2) is 14.6 Å². The second-order valence-corrected chi connectivity index (χ2v) is 7.71. The number of hydrogen-bond acceptors (Lipinski definition) is 6. The van der Waals surface area contributed by atoms with Crippen LogP contribution < -0.4 is 20.2 Å². The first kappa shape index (κ1) is 24.6. The van der Waals surface area contributed by atoms with E-state index in [4.69, 9.17) is 9.47 Å². The van der Waals surface area contributed by atoms with Gasteiger partial charge >= 0.3 is 5.97 Å². The van der Waals surface area contributed by atoms with Crippen molar-refractivity contribution in [2.45, 2.75) is 0 Å². The predicted molar refractivity (Wildman–Crippen MR) is 127 cm³/mol. The van der Waals surface area contributed by atoms with Crippen molar-refractivity contribution in [3.63, 3.8) is 0 Å². The van der Waals surface area contributed by atoms with Crippen LogP contribution in [-0.2, 0) is 4.79 Å². The molecular weight excluding hydrogens is 509 g/mol. The Kier molecular flexibility index (Phi) is 8.47. The van der Waals surface area contributed by atoms with Gasteiger partial charge in [-0.2, -0.15) is 5.10 Å². The summed E-state index contributed by atoms with van der Waals surface area (Å²) >= 11 is 3.31. The molecule has 8 nitrogen and oxygen atoms in total. The third kappa shape index (κ3) is 6.97. The Morgan fingerprint density at radius 1 is 1.00 bits per heavy atom. The Morgan fingerprint density at radius 3 is 2.50 bits per heavy atom. The van der Waals surface area contributed by atoms with Gasteiger partial charge in [0.2, 0.25) is 0 Å². The van der Waals surface area contributed by atoms with E-state index in [1.807, 2.05) is 0 Å². The smallest absolute Gasteiger partial charge is 0.343 e. The molecule has 2 amide bonds. The van der Waals surface area contributed by atoms with Crippen LogP contribution in [0.5, 0.6) is 11.5 Å². The molecule has 0 aliphatic carbocycles. The summed E-state index contributed by atoms with van der Waals surface area (Å²) in [4.78, 5) is 36.2. The molecular formula is C24H19BrFN3O5. The summed E-state index contributed by atoms with van der Waals surface area (Å²) in [6.07, 6.45) is 1.36. The fourth-order valence-electron chi connectivity index (χ4n) is 2.73. The van der Waals surface area contributed by atoms with Crippen molar-refractivity contribution in [2.75, 3.05) is 13.7 Å². The summed E-state index contributed by atoms with van der Waals surface area (Å²) in [6, 6.07) is 16.6. The SMILES string of the molecule is COc1cc(/C=N\NC(=O)CNC(=O)c2cccc(F)c2)ccc1OC(=O)c1cccc(Br)c1. The zero-order valence-electron chi connectivity index (χ0n) is 17.9. The lowest BCUT2D eigenvalue weighted by molar-refractivity contribution is -0.120. The van der Waals surface area contributed by atoms with Gasteiger partial charge in [-0.3, -0.25) is 9.59 Å². The van der Waals surface area contributed by atoms with E-state index in [2.05, 4.69) is 31.8 Å². The molecule has 0 radical (unpaired) electrons. The fourth-order valence-corrected chi connectivity index (χ4v) is 3.13. The van der Waals surface area contributed by atoms with Gasteiger partial charge in [0.25, 0.3) is 11.8 Å². The number of halogens is 2. The zero-order chi connectivity index (χ0) is 24.5. The van der Waals surface area contributed by atoms with E-state index >= 15 is 0 Å². The number of benzene rings is 3. The van der Waals surface area contributed by atoms with Crippen molar-refractivity contribution >= 4 is 39.9 Å². The Morgan fingerprint density at radius 2 is 1.76 bits per heavy atom. The molecule has 0 saturated carbocycles. The summed E-state index contributed by atoms with van der Waals surface area (Å²) in [7, 11) is 1.43. The molecule has 3 rings (SSSR count). The first-order valence-electron chi connectivity index (χ1n) is 9.87. The van der Waals surface area contributed by atoms with E-state index in [1.165, 1.54) is 37.6 Å².